The van der Waals surface area contributed by atoms with Gasteiger partial charge in [0, 0.05) is 38.3 Å². The standard InChI is InChI=1S/C14H30N2O2/c1-11-8-16(9-12(2)18-11)13(10-17-6)7-15-14(3,4)5/h11-13,15H,7-10H2,1-6H3. The number of nitrogens with zero attached hydrogens (tertiary/aromatic N) is 1. The summed E-state index contributed by atoms with van der Waals surface area (Å²) in [6, 6.07) is 0.419. The molecule has 1 N–H and O–H groups in total. The maximum Gasteiger partial charge on any atom is 0.0678 e. The first-order chi connectivity index (χ1) is 8.31. The zero-order valence-electron chi connectivity index (χ0n) is 12.8. The molecular formula is C14H30N2O2. The molecule has 0 spiro atoms. The minimum atomic E-state index is 0.148. The van der Waals surface area contributed by atoms with Crippen LogP contribution in [0.25, 0.3) is 0 Å². The van der Waals surface area contributed by atoms with Gasteiger partial charge in [-0.15, -0.1) is 0 Å². The van der Waals surface area contributed by atoms with Gasteiger partial charge in [0.25, 0.3) is 0 Å². The summed E-state index contributed by atoms with van der Waals surface area (Å²) in [5.41, 5.74) is 0.148. The third kappa shape index (κ3) is 5.65. The number of hydrogen-bond donors (Lipinski definition) is 1. The van der Waals surface area contributed by atoms with Gasteiger partial charge in [-0.3, -0.25) is 4.90 Å². The van der Waals surface area contributed by atoms with Gasteiger partial charge in [-0.2, -0.15) is 0 Å². The Balaban J connectivity index is 2.54. The molecule has 0 amide bonds. The predicted molar refractivity (Wildman–Crippen MR) is 75.0 cm³/mol. The van der Waals surface area contributed by atoms with E-state index < -0.39 is 0 Å². The number of nitrogens with one attached hydrogen (secondary N) is 1. The topological polar surface area (TPSA) is 33.7 Å². The first-order valence-electron chi connectivity index (χ1n) is 6.95. The Hall–Kier alpha value is -0.160. The molecule has 1 heterocycles. The summed E-state index contributed by atoms with van der Waals surface area (Å²) in [4.78, 5) is 2.49. The zero-order valence-corrected chi connectivity index (χ0v) is 12.8. The molecule has 18 heavy (non-hydrogen) atoms. The molecule has 108 valence electrons. The molecule has 3 atom stereocenters. The van der Waals surface area contributed by atoms with E-state index in [0.29, 0.717) is 18.2 Å². The van der Waals surface area contributed by atoms with Gasteiger partial charge < -0.3 is 14.8 Å². The van der Waals surface area contributed by atoms with Crippen LogP contribution in [0.15, 0.2) is 0 Å². The van der Waals surface area contributed by atoms with E-state index in [1.165, 1.54) is 0 Å². The second kappa shape index (κ2) is 6.85. The Morgan fingerprint density at radius 1 is 1.28 bits per heavy atom. The highest BCUT2D eigenvalue weighted by Crippen LogP contribution is 2.14. The van der Waals surface area contributed by atoms with Crippen molar-refractivity contribution in [2.24, 2.45) is 0 Å². The average Bonchev–Trinajstić information content (AvgIpc) is 2.21. The summed E-state index contributed by atoms with van der Waals surface area (Å²) in [7, 11) is 1.78. The monoisotopic (exact) mass is 258 g/mol. The van der Waals surface area contributed by atoms with E-state index in [4.69, 9.17) is 9.47 Å². The summed E-state index contributed by atoms with van der Waals surface area (Å²) in [6.45, 7) is 14.6. The van der Waals surface area contributed by atoms with Crippen LogP contribution in [0.1, 0.15) is 34.6 Å². The van der Waals surface area contributed by atoms with Gasteiger partial charge >= 0.3 is 0 Å². The third-order valence-corrected chi connectivity index (χ3v) is 3.19. The van der Waals surface area contributed by atoms with Crippen LogP contribution in [-0.2, 0) is 9.47 Å². The van der Waals surface area contributed by atoms with Crippen LogP contribution in [0.5, 0.6) is 0 Å². The third-order valence-electron chi connectivity index (χ3n) is 3.19. The van der Waals surface area contributed by atoms with E-state index in [0.717, 1.165) is 26.2 Å². The Morgan fingerprint density at radius 3 is 2.28 bits per heavy atom. The first-order valence-corrected chi connectivity index (χ1v) is 6.95. The fraction of sp³-hybridized carbons (Fsp3) is 1.00. The highest BCUT2D eigenvalue weighted by molar-refractivity contribution is 4.83. The molecule has 0 bridgehead atoms. The molecular weight excluding hydrogens is 228 g/mol. The second-order valence-electron chi connectivity index (χ2n) is 6.45. The molecule has 3 unspecified atom stereocenters. The van der Waals surface area contributed by atoms with Crippen LogP contribution in [0.2, 0.25) is 0 Å². The summed E-state index contributed by atoms with van der Waals surface area (Å²) in [5.74, 6) is 0. The van der Waals surface area contributed by atoms with Gasteiger partial charge in [0.05, 0.1) is 18.8 Å². The van der Waals surface area contributed by atoms with E-state index in [-0.39, 0.29) is 5.54 Å². The van der Waals surface area contributed by atoms with Crippen molar-refractivity contribution in [2.45, 2.75) is 58.4 Å². The normalized spacial score (nSPS) is 28.3. The van der Waals surface area contributed by atoms with Crippen molar-refractivity contribution in [2.75, 3.05) is 33.4 Å². The second-order valence-corrected chi connectivity index (χ2v) is 6.45. The molecule has 0 saturated carbocycles. The van der Waals surface area contributed by atoms with Crippen molar-refractivity contribution in [3.8, 4) is 0 Å². The Bertz CT molecular complexity index is 230. The van der Waals surface area contributed by atoms with E-state index >= 15 is 0 Å². The first kappa shape index (κ1) is 15.9. The van der Waals surface area contributed by atoms with Gasteiger partial charge in [0.1, 0.15) is 0 Å². The lowest BCUT2D eigenvalue weighted by Crippen LogP contribution is -2.56. The van der Waals surface area contributed by atoms with Crippen molar-refractivity contribution in [1.82, 2.24) is 10.2 Å². The largest absolute Gasteiger partial charge is 0.383 e. The Kier molecular flexibility index (Phi) is 6.05. The summed E-state index contributed by atoms with van der Waals surface area (Å²) >= 11 is 0. The molecule has 0 radical (unpaired) electrons. The van der Waals surface area contributed by atoms with Gasteiger partial charge in [-0.05, 0) is 34.6 Å². The molecule has 1 rings (SSSR count). The van der Waals surface area contributed by atoms with Crippen molar-refractivity contribution in [1.29, 1.82) is 0 Å². The minimum absolute atomic E-state index is 0.148. The minimum Gasteiger partial charge on any atom is -0.383 e. The lowest BCUT2D eigenvalue weighted by Gasteiger charge is -2.40. The molecule has 1 aliphatic rings. The van der Waals surface area contributed by atoms with Crippen LogP contribution in [-0.4, -0.2) is 62.0 Å². The molecule has 4 nitrogen and oxygen atoms in total. The molecule has 0 aliphatic carbocycles. The summed E-state index contributed by atoms with van der Waals surface area (Å²) in [6.07, 6.45) is 0.616. The van der Waals surface area contributed by atoms with Gasteiger partial charge in [-0.1, -0.05) is 0 Å². The highest BCUT2D eigenvalue weighted by Gasteiger charge is 2.28. The molecule has 1 aliphatic heterocycles. The van der Waals surface area contributed by atoms with Crippen molar-refractivity contribution in [3.05, 3.63) is 0 Å². The number of hydrogen-bond acceptors (Lipinski definition) is 4. The lowest BCUT2D eigenvalue weighted by molar-refractivity contribution is -0.0875. The van der Waals surface area contributed by atoms with E-state index in [1.54, 1.807) is 7.11 Å². The van der Waals surface area contributed by atoms with Gasteiger partial charge in [0.15, 0.2) is 0 Å². The molecule has 1 saturated heterocycles. The summed E-state index contributed by atoms with van der Waals surface area (Å²) in [5, 5.41) is 3.57. The number of methoxy groups -OCH3 is 1. The molecule has 4 heteroatoms. The fourth-order valence-electron chi connectivity index (χ4n) is 2.43. The Morgan fingerprint density at radius 2 is 1.83 bits per heavy atom. The van der Waals surface area contributed by atoms with Gasteiger partial charge in [-0.25, -0.2) is 0 Å². The van der Waals surface area contributed by atoms with E-state index in [2.05, 4.69) is 44.8 Å². The number of ether oxygens (including phenoxy) is 2. The van der Waals surface area contributed by atoms with Crippen molar-refractivity contribution in [3.63, 3.8) is 0 Å². The van der Waals surface area contributed by atoms with Crippen LogP contribution >= 0.6 is 0 Å². The van der Waals surface area contributed by atoms with Crippen LogP contribution in [0.3, 0.4) is 0 Å². The zero-order chi connectivity index (χ0) is 13.8. The van der Waals surface area contributed by atoms with Crippen LogP contribution in [0.4, 0.5) is 0 Å². The van der Waals surface area contributed by atoms with Crippen LogP contribution < -0.4 is 5.32 Å². The van der Waals surface area contributed by atoms with E-state index in [1.807, 2.05) is 0 Å². The molecule has 0 aromatic heterocycles. The quantitative estimate of drug-likeness (QED) is 0.810. The number of morpholine rings is 1. The Labute approximate surface area is 112 Å². The maximum absolute atomic E-state index is 5.79. The molecule has 1 fully saturated rings. The highest BCUT2D eigenvalue weighted by atomic mass is 16.5. The van der Waals surface area contributed by atoms with Gasteiger partial charge in [0.2, 0.25) is 0 Å². The number of rotatable bonds is 5. The fourth-order valence-corrected chi connectivity index (χ4v) is 2.43. The predicted octanol–water partition coefficient (Wildman–Crippen LogP) is 1.50. The summed E-state index contributed by atoms with van der Waals surface area (Å²) < 4.78 is 11.2. The SMILES string of the molecule is COCC(CNC(C)(C)C)N1CC(C)OC(C)C1. The average molecular weight is 258 g/mol. The van der Waals surface area contributed by atoms with E-state index in [9.17, 15) is 0 Å². The van der Waals surface area contributed by atoms with Crippen molar-refractivity contribution < 1.29 is 9.47 Å². The lowest BCUT2D eigenvalue weighted by atomic mass is 10.1. The molecule has 0 aromatic carbocycles. The maximum atomic E-state index is 5.79. The molecule has 0 aromatic rings. The van der Waals surface area contributed by atoms with Crippen molar-refractivity contribution >= 4 is 0 Å². The van der Waals surface area contributed by atoms with Crippen LogP contribution in [0, 0.1) is 0 Å². The smallest absolute Gasteiger partial charge is 0.0678 e.